The summed E-state index contributed by atoms with van der Waals surface area (Å²) in [5.74, 6) is 0. The lowest BCUT2D eigenvalue weighted by Crippen LogP contribution is -2.46. The summed E-state index contributed by atoms with van der Waals surface area (Å²) in [4.78, 5) is 5.35. The van der Waals surface area contributed by atoms with Crippen LogP contribution in [-0.2, 0) is 15.9 Å². The van der Waals surface area contributed by atoms with Gasteiger partial charge in [0.05, 0.1) is 31.4 Å². The molecule has 0 saturated carbocycles. The third-order valence-electron chi connectivity index (χ3n) is 2.57. The largest absolute Gasteiger partial charge is 0.376 e. The molecule has 4 nitrogen and oxygen atoms in total. The van der Waals surface area contributed by atoms with Gasteiger partial charge in [-0.25, -0.2) is 0 Å². The van der Waals surface area contributed by atoms with E-state index in [1.54, 1.807) is 11.3 Å². The average molecular weight is 228 g/mol. The summed E-state index contributed by atoms with van der Waals surface area (Å²) >= 11 is 1.68. The molecule has 1 saturated heterocycles. The van der Waals surface area contributed by atoms with Crippen molar-refractivity contribution in [2.75, 3.05) is 26.9 Å². The molecule has 15 heavy (non-hydrogen) atoms. The van der Waals surface area contributed by atoms with Crippen molar-refractivity contribution in [3.8, 4) is 0 Å². The zero-order valence-electron chi connectivity index (χ0n) is 8.81. The maximum absolute atomic E-state index is 5.68. The molecule has 0 aliphatic carbocycles. The van der Waals surface area contributed by atoms with E-state index in [1.165, 1.54) is 4.88 Å². The third-order valence-corrected chi connectivity index (χ3v) is 3.37. The lowest BCUT2D eigenvalue weighted by molar-refractivity contribution is -0.100. The fourth-order valence-corrected chi connectivity index (χ4v) is 2.37. The quantitative estimate of drug-likeness (QED) is 0.823. The molecule has 2 rings (SSSR count). The van der Waals surface area contributed by atoms with Gasteiger partial charge in [-0.3, -0.25) is 4.98 Å². The second kappa shape index (κ2) is 5.55. The Labute approximate surface area is 93.6 Å². The van der Waals surface area contributed by atoms with Crippen molar-refractivity contribution in [1.29, 1.82) is 0 Å². The molecular formula is C10H16N2O2S. The third kappa shape index (κ3) is 2.98. The predicted octanol–water partition coefficient (Wildman–Crippen LogP) is 0.689. The minimum atomic E-state index is 0.158. The van der Waals surface area contributed by atoms with Crippen LogP contribution in [0.3, 0.4) is 0 Å². The van der Waals surface area contributed by atoms with Gasteiger partial charge in [0.2, 0.25) is 0 Å². The molecule has 2 unspecified atom stereocenters. The van der Waals surface area contributed by atoms with Crippen molar-refractivity contribution >= 4 is 11.3 Å². The molecule has 1 N–H and O–H groups in total. The molecule has 84 valence electrons. The van der Waals surface area contributed by atoms with Gasteiger partial charge in [-0.15, -0.1) is 11.3 Å². The van der Waals surface area contributed by atoms with E-state index in [4.69, 9.17) is 9.47 Å². The summed E-state index contributed by atoms with van der Waals surface area (Å²) in [5.41, 5.74) is 1.86. The summed E-state index contributed by atoms with van der Waals surface area (Å²) < 4.78 is 11.1. The predicted molar refractivity (Wildman–Crippen MR) is 59.2 cm³/mol. The Kier molecular flexibility index (Phi) is 4.08. The number of nitrogens with zero attached hydrogens (tertiary/aromatic N) is 1. The van der Waals surface area contributed by atoms with Crippen LogP contribution in [-0.4, -0.2) is 44.0 Å². The molecule has 1 aliphatic rings. The van der Waals surface area contributed by atoms with Gasteiger partial charge in [-0.05, 0) is 7.05 Å². The number of hydrogen-bond donors (Lipinski definition) is 1. The second-order valence-corrected chi connectivity index (χ2v) is 4.52. The van der Waals surface area contributed by atoms with Crippen LogP contribution in [0.15, 0.2) is 11.7 Å². The van der Waals surface area contributed by atoms with Gasteiger partial charge in [0.15, 0.2) is 0 Å². The molecular weight excluding hydrogens is 212 g/mol. The second-order valence-electron chi connectivity index (χ2n) is 3.55. The Balaban J connectivity index is 1.91. The molecule has 1 aliphatic heterocycles. The summed E-state index contributed by atoms with van der Waals surface area (Å²) in [7, 11) is 1.96. The molecule has 2 heterocycles. The number of nitrogens with one attached hydrogen (secondary N) is 1. The maximum Gasteiger partial charge on any atom is 0.0965 e. The number of ether oxygens (including phenoxy) is 2. The van der Waals surface area contributed by atoms with E-state index in [-0.39, 0.29) is 6.10 Å². The highest BCUT2D eigenvalue weighted by Gasteiger charge is 2.24. The monoisotopic (exact) mass is 228 g/mol. The highest BCUT2D eigenvalue weighted by molar-refractivity contribution is 7.09. The summed E-state index contributed by atoms with van der Waals surface area (Å²) in [6.45, 7) is 2.10. The fraction of sp³-hybridized carbons (Fsp3) is 0.700. The van der Waals surface area contributed by atoms with Crippen LogP contribution in [0.2, 0.25) is 0 Å². The van der Waals surface area contributed by atoms with E-state index in [2.05, 4.69) is 10.3 Å². The van der Waals surface area contributed by atoms with Crippen LogP contribution >= 0.6 is 11.3 Å². The van der Waals surface area contributed by atoms with Gasteiger partial charge in [0.25, 0.3) is 0 Å². The Morgan fingerprint density at radius 2 is 2.60 bits per heavy atom. The molecule has 0 radical (unpaired) electrons. The first-order valence-corrected chi connectivity index (χ1v) is 6.02. The van der Waals surface area contributed by atoms with Gasteiger partial charge < -0.3 is 14.8 Å². The van der Waals surface area contributed by atoms with Crippen LogP contribution in [0.5, 0.6) is 0 Å². The number of aromatic nitrogens is 1. The van der Waals surface area contributed by atoms with Crippen LogP contribution in [0.25, 0.3) is 0 Å². The van der Waals surface area contributed by atoms with Gasteiger partial charge in [0, 0.05) is 23.5 Å². The molecule has 5 heteroatoms. The van der Waals surface area contributed by atoms with E-state index < -0.39 is 0 Å². The smallest absolute Gasteiger partial charge is 0.0965 e. The summed E-state index contributed by atoms with van der Waals surface area (Å²) in [5, 5.41) is 3.28. The van der Waals surface area contributed by atoms with Crippen LogP contribution in [0, 0.1) is 0 Å². The number of rotatable bonds is 4. The van der Waals surface area contributed by atoms with Crippen molar-refractivity contribution in [3.63, 3.8) is 0 Å². The first-order chi connectivity index (χ1) is 7.40. The average Bonchev–Trinajstić information content (AvgIpc) is 2.80. The molecule has 0 aromatic carbocycles. The Bertz CT molecular complexity index is 273. The zero-order valence-corrected chi connectivity index (χ0v) is 9.63. The SMILES string of the molecule is CNC(Cc1cncs1)C1COCCO1. The van der Waals surface area contributed by atoms with Crippen LogP contribution in [0.1, 0.15) is 4.88 Å². The van der Waals surface area contributed by atoms with E-state index in [0.29, 0.717) is 25.9 Å². The van der Waals surface area contributed by atoms with E-state index in [9.17, 15) is 0 Å². The molecule has 0 spiro atoms. The zero-order chi connectivity index (χ0) is 10.5. The van der Waals surface area contributed by atoms with Crippen molar-refractivity contribution in [3.05, 3.63) is 16.6 Å². The van der Waals surface area contributed by atoms with Gasteiger partial charge in [-0.2, -0.15) is 0 Å². The fourth-order valence-electron chi connectivity index (χ4n) is 1.72. The van der Waals surface area contributed by atoms with Crippen LogP contribution < -0.4 is 5.32 Å². The standard InChI is InChI=1S/C10H16N2O2S/c1-11-9(4-8-5-12-7-15-8)10-6-13-2-3-14-10/h5,7,9-11H,2-4,6H2,1H3. The Morgan fingerprint density at radius 1 is 1.67 bits per heavy atom. The topological polar surface area (TPSA) is 43.4 Å². The molecule has 0 bridgehead atoms. The first-order valence-electron chi connectivity index (χ1n) is 5.14. The van der Waals surface area contributed by atoms with Gasteiger partial charge >= 0.3 is 0 Å². The lowest BCUT2D eigenvalue weighted by Gasteiger charge is -2.29. The number of hydrogen-bond acceptors (Lipinski definition) is 5. The molecule has 1 aromatic heterocycles. The maximum atomic E-state index is 5.68. The van der Waals surface area contributed by atoms with Gasteiger partial charge in [0.1, 0.15) is 0 Å². The van der Waals surface area contributed by atoms with Gasteiger partial charge in [-0.1, -0.05) is 0 Å². The van der Waals surface area contributed by atoms with Crippen molar-refractivity contribution in [1.82, 2.24) is 10.3 Å². The van der Waals surface area contributed by atoms with Crippen molar-refractivity contribution < 1.29 is 9.47 Å². The minimum Gasteiger partial charge on any atom is -0.376 e. The number of likely N-dealkylation sites (N-methyl/N-ethyl adjacent to an activating group) is 1. The minimum absolute atomic E-state index is 0.158. The molecule has 1 aromatic rings. The Morgan fingerprint density at radius 3 is 3.20 bits per heavy atom. The highest BCUT2D eigenvalue weighted by Crippen LogP contribution is 2.14. The van der Waals surface area contributed by atoms with E-state index in [1.807, 2.05) is 18.8 Å². The Hall–Kier alpha value is -0.490. The van der Waals surface area contributed by atoms with E-state index in [0.717, 1.165) is 6.42 Å². The summed E-state index contributed by atoms with van der Waals surface area (Å²) in [6.07, 6.45) is 3.03. The summed E-state index contributed by atoms with van der Waals surface area (Å²) in [6, 6.07) is 0.311. The first kappa shape index (κ1) is 11.0. The molecule has 0 amide bonds. The van der Waals surface area contributed by atoms with E-state index >= 15 is 0 Å². The lowest BCUT2D eigenvalue weighted by atomic mass is 10.1. The molecule has 1 fully saturated rings. The van der Waals surface area contributed by atoms with Crippen LogP contribution in [0.4, 0.5) is 0 Å². The normalized spacial score (nSPS) is 23.9. The number of thiazole rings is 1. The van der Waals surface area contributed by atoms with Crippen molar-refractivity contribution in [2.24, 2.45) is 0 Å². The van der Waals surface area contributed by atoms with Crippen molar-refractivity contribution in [2.45, 2.75) is 18.6 Å². The highest BCUT2D eigenvalue weighted by atomic mass is 32.1. The molecule has 2 atom stereocenters.